The first-order valence-corrected chi connectivity index (χ1v) is 6.29. The van der Waals surface area contributed by atoms with Crippen LogP contribution in [0.2, 0.25) is 0 Å². The molecule has 1 heterocycles. The van der Waals surface area contributed by atoms with Gasteiger partial charge in [0.2, 0.25) is 5.91 Å². The van der Waals surface area contributed by atoms with Gasteiger partial charge >= 0.3 is 0 Å². The lowest BCUT2D eigenvalue weighted by Crippen LogP contribution is -2.50. The van der Waals surface area contributed by atoms with Gasteiger partial charge in [0.05, 0.1) is 19.3 Å². The van der Waals surface area contributed by atoms with E-state index in [-0.39, 0.29) is 17.9 Å². The van der Waals surface area contributed by atoms with Crippen LogP contribution in [0.4, 0.5) is 0 Å². The number of ether oxygens (including phenoxy) is 1. The van der Waals surface area contributed by atoms with Crippen LogP contribution in [0.15, 0.2) is 0 Å². The Balaban J connectivity index is 2.49. The molecule has 1 aliphatic heterocycles. The summed E-state index contributed by atoms with van der Waals surface area (Å²) in [6.45, 7) is 6.87. The number of hydrogen-bond acceptors (Lipinski definition) is 3. The molecule has 2 atom stereocenters. The van der Waals surface area contributed by atoms with Crippen molar-refractivity contribution in [1.82, 2.24) is 4.90 Å². The highest BCUT2D eigenvalue weighted by Gasteiger charge is 2.28. The van der Waals surface area contributed by atoms with Crippen molar-refractivity contribution < 1.29 is 9.53 Å². The molecule has 0 aromatic rings. The largest absolute Gasteiger partial charge is 0.377 e. The molecule has 2 N–H and O–H groups in total. The van der Waals surface area contributed by atoms with Gasteiger partial charge in [0.1, 0.15) is 0 Å². The van der Waals surface area contributed by atoms with Gasteiger partial charge in [0.25, 0.3) is 0 Å². The molecule has 1 saturated heterocycles. The standard InChI is InChI=1S/C12H24N2O2/c1-3-11-9-16-8-7-14(11)12(15)10(2)5-4-6-13/h10-11H,3-9,13H2,1-2H3. The van der Waals surface area contributed by atoms with E-state index in [9.17, 15) is 4.79 Å². The Bertz CT molecular complexity index is 221. The molecule has 0 aromatic carbocycles. The quantitative estimate of drug-likeness (QED) is 0.763. The van der Waals surface area contributed by atoms with Crippen LogP contribution in [0.3, 0.4) is 0 Å². The maximum atomic E-state index is 12.2. The van der Waals surface area contributed by atoms with Gasteiger partial charge in [-0.05, 0) is 25.8 Å². The van der Waals surface area contributed by atoms with Crippen molar-refractivity contribution >= 4 is 5.91 Å². The van der Waals surface area contributed by atoms with Gasteiger partial charge in [-0.25, -0.2) is 0 Å². The van der Waals surface area contributed by atoms with E-state index in [2.05, 4.69) is 6.92 Å². The molecule has 0 bridgehead atoms. The Hall–Kier alpha value is -0.610. The highest BCUT2D eigenvalue weighted by molar-refractivity contribution is 5.78. The zero-order valence-electron chi connectivity index (χ0n) is 10.4. The summed E-state index contributed by atoms with van der Waals surface area (Å²) in [4.78, 5) is 14.2. The maximum absolute atomic E-state index is 12.2. The predicted molar refractivity (Wildman–Crippen MR) is 64.1 cm³/mol. The van der Waals surface area contributed by atoms with Crippen LogP contribution in [-0.2, 0) is 9.53 Å². The Kier molecular flexibility index (Phi) is 5.77. The van der Waals surface area contributed by atoms with Crippen molar-refractivity contribution in [1.29, 1.82) is 0 Å². The number of hydrogen-bond donors (Lipinski definition) is 1. The normalized spacial score (nSPS) is 23.2. The average Bonchev–Trinajstić information content (AvgIpc) is 2.34. The monoisotopic (exact) mass is 228 g/mol. The number of rotatable bonds is 5. The van der Waals surface area contributed by atoms with Crippen molar-refractivity contribution in [2.75, 3.05) is 26.3 Å². The molecule has 0 aromatic heterocycles. The van der Waals surface area contributed by atoms with Gasteiger partial charge in [-0.1, -0.05) is 13.8 Å². The third-order valence-corrected chi connectivity index (χ3v) is 3.24. The van der Waals surface area contributed by atoms with Crippen molar-refractivity contribution in [3.05, 3.63) is 0 Å². The van der Waals surface area contributed by atoms with Crippen molar-refractivity contribution in [2.24, 2.45) is 11.7 Å². The van der Waals surface area contributed by atoms with Crippen molar-refractivity contribution in [2.45, 2.75) is 39.2 Å². The Morgan fingerprint density at radius 2 is 2.38 bits per heavy atom. The summed E-state index contributed by atoms with van der Waals surface area (Å²) in [6, 6.07) is 0.265. The third kappa shape index (κ3) is 3.46. The molecule has 2 unspecified atom stereocenters. The molecule has 1 amide bonds. The summed E-state index contributed by atoms with van der Waals surface area (Å²) in [5, 5.41) is 0. The summed E-state index contributed by atoms with van der Waals surface area (Å²) in [5.74, 6) is 0.360. The van der Waals surface area contributed by atoms with Crippen LogP contribution >= 0.6 is 0 Å². The van der Waals surface area contributed by atoms with E-state index in [0.29, 0.717) is 19.8 Å². The highest BCUT2D eigenvalue weighted by Crippen LogP contribution is 2.16. The second-order valence-corrected chi connectivity index (χ2v) is 4.50. The Labute approximate surface area is 98.1 Å². The van der Waals surface area contributed by atoms with E-state index >= 15 is 0 Å². The molecule has 0 saturated carbocycles. The van der Waals surface area contributed by atoms with Crippen LogP contribution in [-0.4, -0.2) is 43.2 Å². The third-order valence-electron chi connectivity index (χ3n) is 3.24. The summed E-state index contributed by atoms with van der Waals surface area (Å²) < 4.78 is 5.40. The minimum Gasteiger partial charge on any atom is -0.377 e. The Morgan fingerprint density at radius 1 is 1.62 bits per heavy atom. The molecule has 4 heteroatoms. The lowest BCUT2D eigenvalue weighted by Gasteiger charge is -2.36. The SMILES string of the molecule is CCC1COCCN1C(=O)C(C)CCCN. The molecule has 0 aliphatic carbocycles. The van der Waals surface area contributed by atoms with Gasteiger partial charge in [0, 0.05) is 12.5 Å². The van der Waals surface area contributed by atoms with Crippen molar-refractivity contribution in [3.63, 3.8) is 0 Å². The molecule has 4 nitrogen and oxygen atoms in total. The second kappa shape index (κ2) is 6.86. The number of nitrogens with two attached hydrogens (primary N) is 1. The number of nitrogens with zero attached hydrogens (tertiary/aromatic N) is 1. The number of carbonyl (C=O) groups is 1. The van der Waals surface area contributed by atoms with Crippen molar-refractivity contribution in [3.8, 4) is 0 Å². The molecule has 16 heavy (non-hydrogen) atoms. The fourth-order valence-electron chi connectivity index (χ4n) is 2.11. The lowest BCUT2D eigenvalue weighted by atomic mass is 10.0. The van der Waals surface area contributed by atoms with Gasteiger partial charge in [-0.3, -0.25) is 4.79 Å². The van der Waals surface area contributed by atoms with E-state index in [4.69, 9.17) is 10.5 Å². The van der Waals surface area contributed by atoms with E-state index in [1.807, 2.05) is 11.8 Å². The molecular weight excluding hydrogens is 204 g/mol. The van der Waals surface area contributed by atoms with Crippen LogP contribution < -0.4 is 5.73 Å². The average molecular weight is 228 g/mol. The van der Waals surface area contributed by atoms with Gasteiger partial charge < -0.3 is 15.4 Å². The number of carbonyl (C=O) groups excluding carboxylic acids is 1. The molecule has 0 radical (unpaired) electrons. The zero-order valence-corrected chi connectivity index (χ0v) is 10.4. The molecule has 94 valence electrons. The zero-order chi connectivity index (χ0) is 12.0. The molecule has 1 fully saturated rings. The van der Waals surface area contributed by atoms with E-state index in [1.165, 1.54) is 0 Å². The molecular formula is C12H24N2O2. The van der Waals surface area contributed by atoms with Gasteiger partial charge in [0.15, 0.2) is 0 Å². The summed E-state index contributed by atoms with van der Waals surface area (Å²) in [6.07, 6.45) is 2.78. The predicted octanol–water partition coefficient (Wildman–Crippen LogP) is 0.999. The molecule has 0 spiro atoms. The van der Waals surface area contributed by atoms with E-state index in [0.717, 1.165) is 25.8 Å². The minimum atomic E-state index is 0.0932. The van der Waals surface area contributed by atoms with Crippen LogP contribution in [0.5, 0.6) is 0 Å². The number of amides is 1. The first kappa shape index (κ1) is 13.5. The fraction of sp³-hybridized carbons (Fsp3) is 0.917. The van der Waals surface area contributed by atoms with Gasteiger partial charge in [-0.15, -0.1) is 0 Å². The summed E-state index contributed by atoms with van der Waals surface area (Å²) >= 11 is 0. The van der Waals surface area contributed by atoms with Crippen LogP contribution in [0.25, 0.3) is 0 Å². The minimum absolute atomic E-state index is 0.0932. The first-order valence-electron chi connectivity index (χ1n) is 6.29. The first-order chi connectivity index (χ1) is 7.70. The number of morpholine rings is 1. The maximum Gasteiger partial charge on any atom is 0.225 e. The van der Waals surface area contributed by atoms with Crippen LogP contribution in [0, 0.1) is 5.92 Å². The fourth-order valence-corrected chi connectivity index (χ4v) is 2.11. The molecule has 1 aliphatic rings. The molecule has 1 rings (SSSR count). The lowest BCUT2D eigenvalue weighted by molar-refractivity contribution is -0.144. The highest BCUT2D eigenvalue weighted by atomic mass is 16.5. The topological polar surface area (TPSA) is 55.6 Å². The van der Waals surface area contributed by atoms with Crippen LogP contribution in [0.1, 0.15) is 33.1 Å². The second-order valence-electron chi connectivity index (χ2n) is 4.50. The summed E-state index contributed by atoms with van der Waals surface area (Å²) in [5.41, 5.74) is 5.46. The van der Waals surface area contributed by atoms with Gasteiger partial charge in [-0.2, -0.15) is 0 Å². The van der Waals surface area contributed by atoms with E-state index in [1.54, 1.807) is 0 Å². The Morgan fingerprint density at radius 3 is 3.00 bits per heavy atom. The van der Waals surface area contributed by atoms with E-state index < -0.39 is 0 Å². The smallest absolute Gasteiger partial charge is 0.225 e. The summed E-state index contributed by atoms with van der Waals surface area (Å²) in [7, 11) is 0.